The molecule has 0 fully saturated rings. The lowest BCUT2D eigenvalue weighted by Gasteiger charge is -2.19. The largest absolute Gasteiger partial charge is 0.394 e. The van der Waals surface area contributed by atoms with E-state index in [0.717, 1.165) is 32.1 Å². The van der Waals surface area contributed by atoms with Crippen molar-refractivity contribution in [3.8, 4) is 0 Å². The Labute approximate surface area is 211 Å². The maximum atomic E-state index is 12.1. The van der Waals surface area contributed by atoms with Crippen LogP contribution in [-0.4, -0.2) is 34.9 Å². The van der Waals surface area contributed by atoms with Gasteiger partial charge in [-0.3, -0.25) is 4.79 Å². The fraction of sp³-hybridized carbons (Fsp3) is 0.833. The molecule has 0 saturated carbocycles. The molecule has 1 amide bonds. The van der Waals surface area contributed by atoms with E-state index in [2.05, 4.69) is 31.3 Å². The molecule has 0 saturated heterocycles. The molecule has 0 spiro atoms. The van der Waals surface area contributed by atoms with Gasteiger partial charge in [0.05, 0.1) is 18.8 Å². The molecular weight excluding hydrogens is 422 g/mol. The van der Waals surface area contributed by atoms with Crippen molar-refractivity contribution >= 4 is 5.91 Å². The maximum absolute atomic E-state index is 12.1. The molecule has 0 radical (unpaired) electrons. The average Bonchev–Trinajstić information content (AvgIpc) is 2.84. The van der Waals surface area contributed by atoms with Crippen molar-refractivity contribution in [1.29, 1.82) is 0 Å². The van der Waals surface area contributed by atoms with Crippen molar-refractivity contribution in [3.05, 3.63) is 24.3 Å². The lowest BCUT2D eigenvalue weighted by molar-refractivity contribution is -0.123. The van der Waals surface area contributed by atoms with Crippen molar-refractivity contribution < 1.29 is 15.0 Å². The number of aliphatic hydroxyl groups is 2. The molecule has 0 bridgehead atoms. The smallest absolute Gasteiger partial charge is 0.220 e. The Morgan fingerprint density at radius 3 is 1.71 bits per heavy atom. The number of aliphatic hydroxyl groups excluding tert-OH is 2. The molecule has 0 unspecified atom stereocenters. The standard InChI is InChI=1S/C30H57NO3/c1-3-5-7-9-11-12-13-14-15-16-17-18-20-21-23-25-29(33)28(27-32)31-30(34)26-24-22-19-10-8-6-4-2/h17-18,23,25,28-29,32-33H,3-16,19-22,24,26-27H2,1-2H3,(H,31,34)/b18-17+,25-23+/t28-,29+/m0/s1. The predicted octanol–water partition coefficient (Wildman–Crippen LogP) is 7.78. The Morgan fingerprint density at radius 2 is 1.15 bits per heavy atom. The van der Waals surface area contributed by atoms with Gasteiger partial charge in [0.1, 0.15) is 0 Å². The van der Waals surface area contributed by atoms with Gasteiger partial charge in [-0.1, -0.05) is 128 Å². The zero-order valence-corrected chi connectivity index (χ0v) is 22.6. The summed E-state index contributed by atoms with van der Waals surface area (Å²) >= 11 is 0. The summed E-state index contributed by atoms with van der Waals surface area (Å²) in [4.78, 5) is 12.1. The third-order valence-corrected chi connectivity index (χ3v) is 6.44. The molecule has 34 heavy (non-hydrogen) atoms. The molecule has 0 aromatic rings. The summed E-state index contributed by atoms with van der Waals surface area (Å²) in [5.74, 6) is -0.0838. The highest BCUT2D eigenvalue weighted by Gasteiger charge is 2.17. The van der Waals surface area contributed by atoms with Gasteiger partial charge >= 0.3 is 0 Å². The lowest BCUT2D eigenvalue weighted by Crippen LogP contribution is -2.45. The van der Waals surface area contributed by atoms with Crippen LogP contribution in [0.25, 0.3) is 0 Å². The summed E-state index contributed by atoms with van der Waals surface area (Å²) in [6.07, 6.45) is 31.1. The summed E-state index contributed by atoms with van der Waals surface area (Å²) < 4.78 is 0. The monoisotopic (exact) mass is 479 g/mol. The van der Waals surface area contributed by atoms with E-state index in [0.29, 0.717) is 6.42 Å². The van der Waals surface area contributed by atoms with Crippen molar-refractivity contribution in [2.45, 2.75) is 154 Å². The molecule has 0 aliphatic carbocycles. The van der Waals surface area contributed by atoms with Gasteiger partial charge in [0.15, 0.2) is 0 Å². The van der Waals surface area contributed by atoms with E-state index >= 15 is 0 Å². The van der Waals surface area contributed by atoms with Gasteiger partial charge in [-0.15, -0.1) is 0 Å². The summed E-state index contributed by atoms with van der Waals surface area (Å²) in [6.45, 7) is 4.22. The van der Waals surface area contributed by atoms with Crippen molar-refractivity contribution in [2.24, 2.45) is 0 Å². The van der Waals surface area contributed by atoms with E-state index < -0.39 is 12.1 Å². The van der Waals surface area contributed by atoms with Gasteiger partial charge in [0, 0.05) is 6.42 Å². The topological polar surface area (TPSA) is 69.6 Å². The average molecular weight is 480 g/mol. The van der Waals surface area contributed by atoms with Crippen LogP contribution in [0, 0.1) is 0 Å². The minimum atomic E-state index is -0.853. The first kappa shape index (κ1) is 32.9. The van der Waals surface area contributed by atoms with Crippen molar-refractivity contribution in [3.63, 3.8) is 0 Å². The molecule has 200 valence electrons. The Kier molecular flexibility index (Phi) is 25.6. The number of carbonyl (C=O) groups is 1. The van der Waals surface area contributed by atoms with E-state index in [1.807, 2.05) is 6.08 Å². The molecule has 0 aromatic heterocycles. The van der Waals surface area contributed by atoms with Crippen LogP contribution < -0.4 is 5.32 Å². The van der Waals surface area contributed by atoms with E-state index in [1.165, 1.54) is 89.9 Å². The van der Waals surface area contributed by atoms with Crippen LogP contribution in [0.3, 0.4) is 0 Å². The normalized spacial score (nSPS) is 13.6. The molecule has 4 nitrogen and oxygen atoms in total. The zero-order chi connectivity index (χ0) is 25.1. The molecule has 2 atom stereocenters. The minimum absolute atomic E-state index is 0.0838. The Bertz CT molecular complexity index is 489. The fourth-order valence-corrected chi connectivity index (χ4v) is 4.13. The summed E-state index contributed by atoms with van der Waals surface area (Å²) in [5.41, 5.74) is 0. The first-order valence-electron chi connectivity index (χ1n) is 14.6. The first-order valence-corrected chi connectivity index (χ1v) is 14.6. The maximum Gasteiger partial charge on any atom is 0.220 e. The van der Waals surface area contributed by atoms with Crippen LogP contribution in [0.5, 0.6) is 0 Å². The number of carbonyl (C=O) groups excluding carboxylic acids is 1. The molecule has 0 aliphatic rings. The summed E-state index contributed by atoms with van der Waals surface area (Å²) in [5, 5.41) is 22.6. The van der Waals surface area contributed by atoms with Crippen LogP contribution in [0.15, 0.2) is 24.3 Å². The zero-order valence-electron chi connectivity index (χ0n) is 22.6. The third kappa shape index (κ3) is 22.7. The molecular formula is C30H57NO3. The fourth-order valence-electron chi connectivity index (χ4n) is 4.13. The highest BCUT2D eigenvalue weighted by molar-refractivity contribution is 5.76. The predicted molar refractivity (Wildman–Crippen MR) is 147 cm³/mol. The third-order valence-electron chi connectivity index (χ3n) is 6.44. The van der Waals surface area contributed by atoms with E-state index in [1.54, 1.807) is 6.08 Å². The number of nitrogens with one attached hydrogen (secondary N) is 1. The highest BCUT2D eigenvalue weighted by Crippen LogP contribution is 2.11. The van der Waals surface area contributed by atoms with E-state index in [4.69, 9.17) is 0 Å². The van der Waals surface area contributed by atoms with E-state index in [9.17, 15) is 15.0 Å². The SMILES string of the molecule is CCCCCCCCCCC/C=C/CC/C=C/[C@@H](O)[C@H](CO)NC(=O)CCCCCCCCC. The summed E-state index contributed by atoms with van der Waals surface area (Å²) in [7, 11) is 0. The second-order valence-corrected chi connectivity index (χ2v) is 9.81. The summed E-state index contributed by atoms with van der Waals surface area (Å²) in [6, 6.07) is -0.629. The van der Waals surface area contributed by atoms with Gasteiger partial charge in [0.25, 0.3) is 0 Å². The number of unbranched alkanes of at least 4 members (excludes halogenated alkanes) is 16. The number of amides is 1. The molecule has 3 N–H and O–H groups in total. The van der Waals surface area contributed by atoms with Crippen LogP contribution >= 0.6 is 0 Å². The van der Waals surface area contributed by atoms with Gasteiger partial charge < -0.3 is 15.5 Å². The molecule has 0 rings (SSSR count). The van der Waals surface area contributed by atoms with Crippen LogP contribution in [0.1, 0.15) is 142 Å². The molecule has 0 aliphatic heterocycles. The molecule has 0 aromatic carbocycles. The Morgan fingerprint density at radius 1 is 0.676 bits per heavy atom. The Balaban J connectivity index is 3.74. The van der Waals surface area contributed by atoms with Crippen molar-refractivity contribution in [2.75, 3.05) is 6.61 Å². The van der Waals surface area contributed by atoms with Crippen LogP contribution in [0.4, 0.5) is 0 Å². The highest BCUT2D eigenvalue weighted by atomic mass is 16.3. The van der Waals surface area contributed by atoms with Crippen LogP contribution in [0.2, 0.25) is 0 Å². The number of rotatable bonds is 25. The van der Waals surface area contributed by atoms with E-state index in [-0.39, 0.29) is 12.5 Å². The number of hydrogen-bond donors (Lipinski definition) is 3. The van der Waals surface area contributed by atoms with Gasteiger partial charge in [0.2, 0.25) is 5.91 Å². The lowest BCUT2D eigenvalue weighted by atomic mass is 10.1. The number of hydrogen-bond acceptors (Lipinski definition) is 3. The van der Waals surface area contributed by atoms with Crippen LogP contribution in [-0.2, 0) is 4.79 Å². The number of allylic oxidation sites excluding steroid dienone is 3. The molecule has 4 heteroatoms. The first-order chi connectivity index (χ1) is 16.7. The van der Waals surface area contributed by atoms with Gasteiger partial charge in [-0.05, 0) is 32.1 Å². The quantitative estimate of drug-likeness (QED) is 0.0924. The Hall–Kier alpha value is -1.13. The second-order valence-electron chi connectivity index (χ2n) is 9.81. The van der Waals surface area contributed by atoms with Gasteiger partial charge in [-0.2, -0.15) is 0 Å². The molecule has 0 heterocycles. The van der Waals surface area contributed by atoms with Gasteiger partial charge in [-0.25, -0.2) is 0 Å². The minimum Gasteiger partial charge on any atom is -0.394 e. The second kappa shape index (κ2) is 26.5. The van der Waals surface area contributed by atoms with Crippen molar-refractivity contribution in [1.82, 2.24) is 5.32 Å².